The van der Waals surface area contributed by atoms with Crippen LogP contribution < -0.4 is 10.1 Å². The number of fused-ring (bicyclic) bond motifs is 1. The molecule has 1 aliphatic carbocycles. The van der Waals surface area contributed by atoms with Crippen LogP contribution in [0.4, 0.5) is 0 Å². The second-order valence-corrected chi connectivity index (χ2v) is 5.49. The van der Waals surface area contributed by atoms with Gasteiger partial charge in [0.25, 0.3) is 0 Å². The zero-order valence-corrected chi connectivity index (χ0v) is 11.7. The first-order valence-corrected chi connectivity index (χ1v) is 7.13. The molecule has 0 saturated heterocycles. The van der Waals surface area contributed by atoms with Gasteiger partial charge in [0.1, 0.15) is 5.75 Å². The molecule has 1 aromatic heterocycles. The Balaban J connectivity index is 1.89. The van der Waals surface area contributed by atoms with E-state index in [4.69, 9.17) is 4.74 Å². The largest absolute Gasteiger partial charge is 0.495 e. The third-order valence-corrected chi connectivity index (χ3v) is 4.49. The van der Waals surface area contributed by atoms with Gasteiger partial charge < -0.3 is 15.0 Å². The summed E-state index contributed by atoms with van der Waals surface area (Å²) in [6.07, 6.45) is 7.30. The van der Waals surface area contributed by atoms with Gasteiger partial charge in [0.05, 0.1) is 12.6 Å². The minimum Gasteiger partial charge on any atom is -0.495 e. The quantitative estimate of drug-likeness (QED) is 0.884. The summed E-state index contributed by atoms with van der Waals surface area (Å²) in [4.78, 5) is 3.37. The topological polar surface area (TPSA) is 37.0 Å². The zero-order valence-electron chi connectivity index (χ0n) is 11.7. The fourth-order valence-corrected chi connectivity index (χ4v) is 3.47. The highest BCUT2D eigenvalue weighted by molar-refractivity contribution is 5.88. The van der Waals surface area contributed by atoms with E-state index in [2.05, 4.69) is 35.7 Å². The van der Waals surface area contributed by atoms with E-state index >= 15 is 0 Å². The van der Waals surface area contributed by atoms with Gasteiger partial charge in [-0.25, -0.2) is 0 Å². The number of aromatic nitrogens is 1. The summed E-state index contributed by atoms with van der Waals surface area (Å²) in [7, 11) is 3.81. The van der Waals surface area contributed by atoms with E-state index in [1.165, 1.54) is 30.2 Å². The maximum absolute atomic E-state index is 5.41. The Hall–Kier alpha value is -1.48. The lowest BCUT2D eigenvalue weighted by atomic mass is 9.94. The van der Waals surface area contributed by atoms with Crippen LogP contribution in [0.25, 0.3) is 10.9 Å². The van der Waals surface area contributed by atoms with Crippen molar-refractivity contribution in [1.29, 1.82) is 0 Å². The van der Waals surface area contributed by atoms with Gasteiger partial charge in [-0.15, -0.1) is 0 Å². The van der Waals surface area contributed by atoms with E-state index in [9.17, 15) is 0 Å². The number of hydrogen-bond donors (Lipinski definition) is 2. The summed E-state index contributed by atoms with van der Waals surface area (Å²) in [5.74, 6) is 1.69. The van der Waals surface area contributed by atoms with Crippen LogP contribution in [0.15, 0.2) is 24.4 Å². The summed E-state index contributed by atoms with van der Waals surface area (Å²) in [5, 5.41) is 4.77. The van der Waals surface area contributed by atoms with Gasteiger partial charge in [0, 0.05) is 17.6 Å². The molecule has 2 aromatic rings. The minimum atomic E-state index is 0.676. The zero-order chi connectivity index (χ0) is 13.2. The molecule has 0 amide bonds. The van der Waals surface area contributed by atoms with Crippen LogP contribution in [0, 0.1) is 5.92 Å². The lowest BCUT2D eigenvalue weighted by molar-refractivity contribution is 0.419. The number of nitrogens with one attached hydrogen (secondary N) is 2. The second kappa shape index (κ2) is 5.25. The predicted octanol–water partition coefficient (Wildman–Crippen LogP) is 3.11. The van der Waals surface area contributed by atoms with Gasteiger partial charge in [0.2, 0.25) is 0 Å². The molecule has 0 bridgehead atoms. The van der Waals surface area contributed by atoms with E-state index < -0.39 is 0 Å². The van der Waals surface area contributed by atoms with Crippen LogP contribution in [0.5, 0.6) is 5.75 Å². The molecule has 0 aliphatic heterocycles. The van der Waals surface area contributed by atoms with E-state index in [-0.39, 0.29) is 0 Å². The first-order chi connectivity index (χ1) is 9.33. The van der Waals surface area contributed by atoms with Gasteiger partial charge in [0.15, 0.2) is 0 Å². The standard InChI is InChI=1S/C16H22N2O/c1-17-14-7-3-5-11(14)9-12-10-18-16-13(12)6-4-8-15(16)19-2/h4,6,8,10-11,14,17-18H,3,5,7,9H2,1-2H3. The average molecular weight is 258 g/mol. The van der Waals surface area contributed by atoms with Crippen molar-refractivity contribution in [3.05, 3.63) is 30.0 Å². The van der Waals surface area contributed by atoms with E-state index in [1.807, 2.05) is 6.07 Å². The van der Waals surface area contributed by atoms with Crippen molar-refractivity contribution >= 4 is 10.9 Å². The molecule has 1 fully saturated rings. The summed E-state index contributed by atoms with van der Waals surface area (Å²) < 4.78 is 5.41. The smallest absolute Gasteiger partial charge is 0.142 e. The number of para-hydroxylation sites is 1. The molecule has 0 spiro atoms. The average Bonchev–Trinajstić information content (AvgIpc) is 3.06. The number of hydrogen-bond acceptors (Lipinski definition) is 2. The van der Waals surface area contributed by atoms with Crippen molar-refractivity contribution in [2.24, 2.45) is 5.92 Å². The predicted molar refractivity (Wildman–Crippen MR) is 78.7 cm³/mol. The fraction of sp³-hybridized carbons (Fsp3) is 0.500. The maximum Gasteiger partial charge on any atom is 0.142 e. The second-order valence-electron chi connectivity index (χ2n) is 5.49. The Bertz CT molecular complexity index is 561. The third-order valence-electron chi connectivity index (χ3n) is 4.49. The molecule has 0 radical (unpaired) electrons. The number of aromatic amines is 1. The van der Waals surface area contributed by atoms with Crippen LogP contribution in [0.2, 0.25) is 0 Å². The summed E-state index contributed by atoms with van der Waals surface area (Å²) in [5.41, 5.74) is 2.54. The van der Waals surface area contributed by atoms with Gasteiger partial charge >= 0.3 is 0 Å². The van der Waals surface area contributed by atoms with Crippen LogP contribution in [-0.4, -0.2) is 25.2 Å². The van der Waals surface area contributed by atoms with Crippen LogP contribution in [0.1, 0.15) is 24.8 Å². The van der Waals surface area contributed by atoms with Crippen molar-refractivity contribution < 1.29 is 4.74 Å². The molecular formula is C16H22N2O. The van der Waals surface area contributed by atoms with Gasteiger partial charge in [-0.2, -0.15) is 0 Å². The highest BCUT2D eigenvalue weighted by atomic mass is 16.5. The first kappa shape index (κ1) is 12.5. The molecule has 3 rings (SSSR count). The molecule has 1 aliphatic rings. The van der Waals surface area contributed by atoms with E-state index in [0.29, 0.717) is 6.04 Å². The molecule has 1 heterocycles. The van der Waals surface area contributed by atoms with Crippen molar-refractivity contribution in [2.75, 3.05) is 14.2 Å². The van der Waals surface area contributed by atoms with Gasteiger partial charge in [-0.3, -0.25) is 0 Å². The van der Waals surface area contributed by atoms with E-state index in [1.54, 1.807) is 7.11 Å². The molecule has 3 nitrogen and oxygen atoms in total. The molecule has 2 N–H and O–H groups in total. The highest BCUT2D eigenvalue weighted by Gasteiger charge is 2.26. The Labute approximate surface area is 114 Å². The molecule has 19 heavy (non-hydrogen) atoms. The molecule has 2 unspecified atom stereocenters. The normalized spacial score (nSPS) is 23.1. The van der Waals surface area contributed by atoms with Crippen LogP contribution >= 0.6 is 0 Å². The van der Waals surface area contributed by atoms with Crippen LogP contribution in [0.3, 0.4) is 0 Å². The Kier molecular flexibility index (Phi) is 3.47. The summed E-state index contributed by atoms with van der Waals surface area (Å²) in [6, 6.07) is 6.94. The van der Waals surface area contributed by atoms with Gasteiger partial charge in [-0.1, -0.05) is 18.6 Å². The number of ether oxygens (including phenoxy) is 1. The van der Waals surface area contributed by atoms with Crippen molar-refractivity contribution in [1.82, 2.24) is 10.3 Å². The first-order valence-electron chi connectivity index (χ1n) is 7.13. The van der Waals surface area contributed by atoms with Crippen molar-refractivity contribution in [2.45, 2.75) is 31.7 Å². The lowest BCUT2D eigenvalue weighted by Gasteiger charge is -2.18. The highest BCUT2D eigenvalue weighted by Crippen LogP contribution is 2.33. The monoisotopic (exact) mass is 258 g/mol. The maximum atomic E-state index is 5.41. The SMILES string of the molecule is CNC1CCCC1Cc1c[nH]c2c(OC)cccc12. The molecule has 2 atom stereocenters. The van der Waals surface area contributed by atoms with Gasteiger partial charge in [-0.05, 0) is 43.9 Å². The number of benzene rings is 1. The fourth-order valence-electron chi connectivity index (χ4n) is 3.47. The number of methoxy groups -OCH3 is 1. The summed E-state index contributed by atoms with van der Waals surface area (Å²) >= 11 is 0. The summed E-state index contributed by atoms with van der Waals surface area (Å²) in [6.45, 7) is 0. The molecule has 1 saturated carbocycles. The molecular weight excluding hydrogens is 236 g/mol. The third kappa shape index (κ3) is 2.23. The number of H-pyrrole nitrogens is 1. The Morgan fingerprint density at radius 3 is 3.05 bits per heavy atom. The lowest BCUT2D eigenvalue weighted by Crippen LogP contribution is -2.29. The molecule has 3 heteroatoms. The molecule has 1 aromatic carbocycles. The van der Waals surface area contributed by atoms with Crippen molar-refractivity contribution in [3.8, 4) is 5.75 Å². The Morgan fingerprint density at radius 2 is 2.26 bits per heavy atom. The van der Waals surface area contributed by atoms with Crippen LogP contribution in [-0.2, 0) is 6.42 Å². The Morgan fingerprint density at radius 1 is 1.37 bits per heavy atom. The molecule has 102 valence electrons. The minimum absolute atomic E-state index is 0.676. The number of rotatable bonds is 4. The van der Waals surface area contributed by atoms with Crippen molar-refractivity contribution in [3.63, 3.8) is 0 Å². The van der Waals surface area contributed by atoms with E-state index in [0.717, 1.165) is 23.6 Å².